The zero-order chi connectivity index (χ0) is 22.3. The van der Waals surface area contributed by atoms with Crippen LogP contribution in [0.3, 0.4) is 0 Å². The highest BCUT2D eigenvalue weighted by Crippen LogP contribution is 2.24. The molecule has 10 heteroatoms. The van der Waals surface area contributed by atoms with Crippen LogP contribution in [0.15, 0.2) is 35.5 Å². The van der Waals surface area contributed by atoms with Crippen LogP contribution in [0.5, 0.6) is 0 Å². The molecule has 1 atom stereocenters. The summed E-state index contributed by atoms with van der Waals surface area (Å²) >= 11 is 0. The number of carbonyl (C=O) groups excluding carboxylic acids is 2. The SMILES string of the molecule is Cc1cccc(CN2CC(=O)N3CCN(S(=O)(=O)c4cn(C)c(C)n4)CCC3C2=O)c1. The molecule has 1 unspecified atom stereocenters. The van der Waals surface area contributed by atoms with E-state index in [1.165, 1.54) is 15.4 Å². The van der Waals surface area contributed by atoms with Gasteiger partial charge in [-0.2, -0.15) is 4.31 Å². The Morgan fingerprint density at radius 2 is 1.90 bits per heavy atom. The Kier molecular flexibility index (Phi) is 5.61. The molecule has 1 aromatic heterocycles. The highest BCUT2D eigenvalue weighted by molar-refractivity contribution is 7.89. The van der Waals surface area contributed by atoms with Crippen molar-refractivity contribution >= 4 is 21.8 Å². The van der Waals surface area contributed by atoms with Gasteiger partial charge in [0, 0.05) is 39.4 Å². The molecule has 2 aliphatic heterocycles. The molecule has 2 saturated heterocycles. The van der Waals surface area contributed by atoms with Gasteiger partial charge in [-0.15, -0.1) is 0 Å². The summed E-state index contributed by atoms with van der Waals surface area (Å²) in [6.45, 7) is 4.60. The number of hydrogen-bond acceptors (Lipinski definition) is 5. The number of piperazine rings is 1. The molecule has 0 aliphatic carbocycles. The lowest BCUT2D eigenvalue weighted by Gasteiger charge is -2.39. The molecular formula is C21H27N5O4S. The van der Waals surface area contributed by atoms with Crippen molar-refractivity contribution in [2.45, 2.75) is 37.9 Å². The monoisotopic (exact) mass is 445 g/mol. The Morgan fingerprint density at radius 1 is 1.13 bits per heavy atom. The third-order valence-electron chi connectivity index (χ3n) is 6.01. The molecule has 3 heterocycles. The van der Waals surface area contributed by atoms with Gasteiger partial charge in [-0.05, 0) is 25.8 Å². The van der Waals surface area contributed by atoms with Gasteiger partial charge in [0.25, 0.3) is 10.0 Å². The minimum absolute atomic E-state index is 0.00824. The summed E-state index contributed by atoms with van der Waals surface area (Å²) in [4.78, 5) is 33.2. The molecule has 0 radical (unpaired) electrons. The number of aryl methyl sites for hydroxylation is 3. The molecule has 0 N–H and O–H groups in total. The van der Waals surface area contributed by atoms with Gasteiger partial charge >= 0.3 is 0 Å². The van der Waals surface area contributed by atoms with Crippen molar-refractivity contribution < 1.29 is 18.0 Å². The number of benzene rings is 1. The number of rotatable bonds is 4. The molecule has 0 spiro atoms. The third kappa shape index (κ3) is 4.09. The van der Waals surface area contributed by atoms with Crippen LogP contribution in [-0.2, 0) is 33.2 Å². The molecule has 0 saturated carbocycles. The van der Waals surface area contributed by atoms with Crippen molar-refractivity contribution in [2.75, 3.05) is 26.2 Å². The highest BCUT2D eigenvalue weighted by atomic mass is 32.2. The smallest absolute Gasteiger partial charge is 0.262 e. The van der Waals surface area contributed by atoms with Gasteiger partial charge in [0.15, 0.2) is 5.03 Å². The van der Waals surface area contributed by atoms with E-state index in [1.807, 2.05) is 31.2 Å². The summed E-state index contributed by atoms with van der Waals surface area (Å²) in [6, 6.07) is 7.21. The van der Waals surface area contributed by atoms with Crippen molar-refractivity contribution in [1.82, 2.24) is 23.7 Å². The summed E-state index contributed by atoms with van der Waals surface area (Å²) in [7, 11) is -2.05. The first-order valence-electron chi connectivity index (χ1n) is 10.3. The van der Waals surface area contributed by atoms with E-state index in [0.29, 0.717) is 12.4 Å². The van der Waals surface area contributed by atoms with Gasteiger partial charge in [-0.3, -0.25) is 9.59 Å². The van der Waals surface area contributed by atoms with Crippen LogP contribution in [-0.4, -0.2) is 76.1 Å². The van der Waals surface area contributed by atoms with Crippen LogP contribution < -0.4 is 0 Å². The number of nitrogens with zero attached hydrogens (tertiary/aromatic N) is 5. The zero-order valence-electron chi connectivity index (χ0n) is 18.0. The van der Waals surface area contributed by atoms with Crippen molar-refractivity contribution in [1.29, 1.82) is 0 Å². The first kappa shape index (κ1) is 21.5. The van der Waals surface area contributed by atoms with Crippen LogP contribution >= 0.6 is 0 Å². The molecule has 0 bridgehead atoms. The fraction of sp³-hybridized carbons (Fsp3) is 0.476. The van der Waals surface area contributed by atoms with E-state index in [2.05, 4.69) is 4.98 Å². The Labute approximate surface area is 182 Å². The summed E-state index contributed by atoms with van der Waals surface area (Å²) in [5.74, 6) is 0.321. The summed E-state index contributed by atoms with van der Waals surface area (Å²) in [5.41, 5.74) is 2.06. The number of hydrogen-bond donors (Lipinski definition) is 0. The second-order valence-electron chi connectivity index (χ2n) is 8.22. The summed E-state index contributed by atoms with van der Waals surface area (Å²) < 4.78 is 29.1. The molecule has 166 valence electrons. The summed E-state index contributed by atoms with van der Waals surface area (Å²) in [6.07, 6.45) is 1.75. The number of fused-ring (bicyclic) bond motifs is 1. The van der Waals surface area contributed by atoms with Gasteiger partial charge in [0.1, 0.15) is 18.4 Å². The maximum absolute atomic E-state index is 13.2. The van der Waals surface area contributed by atoms with Crippen LogP contribution in [0.25, 0.3) is 0 Å². The first-order chi connectivity index (χ1) is 14.7. The maximum atomic E-state index is 13.2. The van der Waals surface area contributed by atoms with E-state index in [1.54, 1.807) is 23.4 Å². The molecule has 2 aromatic rings. The fourth-order valence-electron chi connectivity index (χ4n) is 4.19. The Morgan fingerprint density at radius 3 is 2.58 bits per heavy atom. The van der Waals surface area contributed by atoms with Gasteiger partial charge in [-0.1, -0.05) is 29.8 Å². The number of amides is 2. The van der Waals surface area contributed by atoms with Crippen LogP contribution in [0, 0.1) is 13.8 Å². The number of imidazole rings is 1. The van der Waals surface area contributed by atoms with Crippen molar-refractivity contribution in [3.63, 3.8) is 0 Å². The Hall–Kier alpha value is -2.72. The summed E-state index contributed by atoms with van der Waals surface area (Å²) in [5, 5.41) is -0.00824. The molecule has 9 nitrogen and oxygen atoms in total. The Balaban J connectivity index is 1.52. The van der Waals surface area contributed by atoms with E-state index in [9.17, 15) is 18.0 Å². The zero-order valence-corrected chi connectivity index (χ0v) is 18.8. The number of aromatic nitrogens is 2. The van der Waals surface area contributed by atoms with Gasteiger partial charge in [-0.25, -0.2) is 13.4 Å². The molecule has 4 rings (SSSR count). The fourth-order valence-corrected chi connectivity index (χ4v) is 5.67. The maximum Gasteiger partial charge on any atom is 0.262 e. The largest absolute Gasteiger partial charge is 0.337 e. The highest BCUT2D eigenvalue weighted by Gasteiger charge is 2.42. The van der Waals surface area contributed by atoms with Crippen LogP contribution in [0.1, 0.15) is 23.4 Å². The van der Waals surface area contributed by atoms with E-state index in [4.69, 9.17) is 0 Å². The van der Waals surface area contributed by atoms with E-state index in [-0.39, 0.29) is 49.4 Å². The quantitative estimate of drug-likeness (QED) is 0.689. The van der Waals surface area contributed by atoms with Crippen LogP contribution in [0.4, 0.5) is 0 Å². The van der Waals surface area contributed by atoms with E-state index < -0.39 is 16.1 Å². The van der Waals surface area contributed by atoms with Gasteiger partial charge < -0.3 is 14.4 Å². The van der Waals surface area contributed by atoms with Gasteiger partial charge in [0.05, 0.1) is 0 Å². The van der Waals surface area contributed by atoms with Crippen molar-refractivity contribution in [2.24, 2.45) is 7.05 Å². The number of sulfonamides is 1. The molecule has 1 aromatic carbocycles. The molecule has 31 heavy (non-hydrogen) atoms. The minimum Gasteiger partial charge on any atom is -0.337 e. The van der Waals surface area contributed by atoms with E-state index >= 15 is 0 Å². The van der Waals surface area contributed by atoms with Crippen LogP contribution in [0.2, 0.25) is 0 Å². The lowest BCUT2D eigenvalue weighted by Crippen LogP contribution is -2.59. The normalized spacial score (nSPS) is 20.7. The first-order valence-corrected chi connectivity index (χ1v) is 11.7. The predicted octanol–water partition coefficient (Wildman–Crippen LogP) is 0.671. The second kappa shape index (κ2) is 8.08. The lowest BCUT2D eigenvalue weighted by atomic mass is 10.1. The molecule has 2 amide bonds. The second-order valence-corrected chi connectivity index (χ2v) is 10.1. The minimum atomic E-state index is -3.79. The average molecular weight is 446 g/mol. The van der Waals surface area contributed by atoms with Gasteiger partial charge in [0.2, 0.25) is 11.8 Å². The topological polar surface area (TPSA) is 95.8 Å². The standard InChI is InChI=1S/C21H27N5O4S/c1-15-5-4-6-17(11-15)12-24-14-20(27)26-10-9-25(8-7-18(26)21(24)28)31(29,30)19-13-23(3)16(2)22-19/h4-6,11,13,18H,7-10,12,14H2,1-3H3. The van der Waals surface area contributed by atoms with E-state index in [0.717, 1.165) is 11.1 Å². The molecule has 2 aliphatic rings. The third-order valence-corrected chi connectivity index (χ3v) is 7.78. The molecule has 2 fully saturated rings. The van der Waals surface area contributed by atoms with Crippen molar-refractivity contribution in [3.8, 4) is 0 Å². The number of carbonyl (C=O) groups is 2. The lowest BCUT2D eigenvalue weighted by molar-refractivity contribution is -0.156. The predicted molar refractivity (Wildman–Crippen MR) is 113 cm³/mol. The molecular weight excluding hydrogens is 418 g/mol. The van der Waals surface area contributed by atoms with Crippen molar-refractivity contribution in [3.05, 3.63) is 47.4 Å². The Bertz CT molecular complexity index is 1110. The average Bonchev–Trinajstić information content (AvgIpc) is 2.91.